The second-order valence-corrected chi connectivity index (χ2v) is 6.45. The second-order valence-electron chi connectivity index (χ2n) is 6.45. The molecule has 1 fully saturated rings. The van der Waals surface area contributed by atoms with Gasteiger partial charge < -0.3 is 20.5 Å². The molecule has 1 amide bonds. The third kappa shape index (κ3) is 6.67. The Morgan fingerprint density at radius 3 is 2.62 bits per heavy atom. The molecule has 6 heteroatoms. The number of rotatable bonds is 8. The molecule has 0 aliphatic carbocycles. The average molecular weight is 357 g/mol. The molecule has 1 aromatic carbocycles. The zero-order valence-electron chi connectivity index (χ0n) is 14.5. The van der Waals surface area contributed by atoms with Crippen molar-refractivity contribution in [1.29, 1.82) is 0 Å². The number of nitrogens with one attached hydrogen (secondary N) is 1. The first kappa shape index (κ1) is 20.7. The quantitative estimate of drug-likeness (QED) is 0.749. The fraction of sp³-hybridized carbons (Fsp3) is 0.611. The highest BCUT2D eigenvalue weighted by molar-refractivity contribution is 5.85. The van der Waals surface area contributed by atoms with Gasteiger partial charge in [0.05, 0.1) is 12.7 Å². The van der Waals surface area contributed by atoms with Gasteiger partial charge in [0.25, 0.3) is 0 Å². The smallest absolute Gasteiger partial charge is 0.249 e. The van der Waals surface area contributed by atoms with Gasteiger partial charge in [0.15, 0.2) is 0 Å². The van der Waals surface area contributed by atoms with Crippen molar-refractivity contribution >= 4 is 18.3 Å². The van der Waals surface area contributed by atoms with E-state index >= 15 is 0 Å². The van der Waals surface area contributed by atoms with Crippen LogP contribution in [0.25, 0.3) is 0 Å². The van der Waals surface area contributed by atoms with Crippen molar-refractivity contribution in [1.82, 2.24) is 5.32 Å². The highest BCUT2D eigenvalue weighted by atomic mass is 35.5. The van der Waals surface area contributed by atoms with Gasteiger partial charge in [-0.15, -0.1) is 12.4 Å². The molecular weight excluding hydrogens is 328 g/mol. The van der Waals surface area contributed by atoms with E-state index in [9.17, 15) is 4.79 Å². The van der Waals surface area contributed by atoms with Crippen molar-refractivity contribution in [3.8, 4) is 5.75 Å². The van der Waals surface area contributed by atoms with Crippen LogP contribution in [0.15, 0.2) is 24.3 Å². The standard InChI is InChI=1S/C18H28N2O3.ClH/c1-13(2)12-22-15-5-3-14(4-6-15)9-10-20-18(21)17-8-7-16(11-19)23-17;/h3-6,13,16-17H,7-12,19H2,1-2H3,(H,20,21);1H/t16-,17+;/m1./s1. The van der Waals surface area contributed by atoms with Crippen molar-refractivity contribution in [2.24, 2.45) is 11.7 Å². The zero-order chi connectivity index (χ0) is 16.7. The Bertz CT molecular complexity index is 494. The van der Waals surface area contributed by atoms with Crippen molar-refractivity contribution in [2.45, 2.75) is 45.3 Å². The molecule has 1 saturated heterocycles. The van der Waals surface area contributed by atoms with Gasteiger partial charge in [0.2, 0.25) is 5.91 Å². The number of halogens is 1. The van der Waals surface area contributed by atoms with Crippen LogP contribution in [0.4, 0.5) is 0 Å². The van der Waals surface area contributed by atoms with Crippen molar-refractivity contribution in [2.75, 3.05) is 19.7 Å². The molecule has 2 rings (SSSR count). The molecule has 1 aromatic rings. The van der Waals surface area contributed by atoms with Crippen LogP contribution in [0.2, 0.25) is 0 Å². The molecule has 3 N–H and O–H groups in total. The van der Waals surface area contributed by atoms with Crippen LogP contribution in [0, 0.1) is 5.92 Å². The number of nitrogens with two attached hydrogens (primary N) is 1. The normalized spacial score (nSPS) is 19.8. The third-order valence-electron chi connectivity index (χ3n) is 3.88. The Morgan fingerprint density at radius 2 is 2.04 bits per heavy atom. The minimum absolute atomic E-state index is 0. The van der Waals surface area contributed by atoms with Crippen LogP contribution in [-0.2, 0) is 16.0 Å². The number of ether oxygens (including phenoxy) is 2. The summed E-state index contributed by atoms with van der Waals surface area (Å²) in [4.78, 5) is 12.0. The molecule has 0 saturated carbocycles. The molecule has 136 valence electrons. The van der Waals surface area contributed by atoms with E-state index < -0.39 is 0 Å². The van der Waals surface area contributed by atoms with E-state index in [2.05, 4.69) is 19.2 Å². The Hall–Kier alpha value is -1.30. The lowest BCUT2D eigenvalue weighted by molar-refractivity contribution is -0.131. The number of amides is 1. The SMILES string of the molecule is CC(C)COc1ccc(CCNC(=O)[C@@H]2CC[C@H](CN)O2)cc1.Cl. The van der Waals surface area contributed by atoms with Crippen LogP contribution in [0.1, 0.15) is 32.3 Å². The van der Waals surface area contributed by atoms with Crippen LogP contribution < -0.4 is 15.8 Å². The first-order valence-corrected chi connectivity index (χ1v) is 8.43. The summed E-state index contributed by atoms with van der Waals surface area (Å²) in [6, 6.07) is 8.04. The summed E-state index contributed by atoms with van der Waals surface area (Å²) in [6.07, 6.45) is 2.12. The maximum Gasteiger partial charge on any atom is 0.249 e. The summed E-state index contributed by atoms with van der Waals surface area (Å²) < 4.78 is 11.2. The maximum absolute atomic E-state index is 12.0. The van der Waals surface area contributed by atoms with Crippen molar-refractivity contribution in [3.05, 3.63) is 29.8 Å². The fourth-order valence-electron chi connectivity index (χ4n) is 2.53. The number of carbonyl (C=O) groups excluding carboxylic acids is 1. The Morgan fingerprint density at radius 1 is 1.33 bits per heavy atom. The van der Waals surface area contributed by atoms with E-state index in [1.165, 1.54) is 5.56 Å². The molecule has 2 atom stereocenters. The predicted octanol–water partition coefficient (Wildman–Crippen LogP) is 2.31. The maximum atomic E-state index is 12.0. The molecule has 0 aromatic heterocycles. The molecule has 0 bridgehead atoms. The van der Waals surface area contributed by atoms with Crippen molar-refractivity contribution in [3.63, 3.8) is 0 Å². The summed E-state index contributed by atoms with van der Waals surface area (Å²) in [5.74, 6) is 1.37. The molecule has 0 spiro atoms. The third-order valence-corrected chi connectivity index (χ3v) is 3.88. The molecular formula is C18H29ClN2O3. The summed E-state index contributed by atoms with van der Waals surface area (Å²) in [6.45, 7) is 6.06. The molecule has 1 aliphatic heterocycles. The number of hydrogen-bond acceptors (Lipinski definition) is 4. The molecule has 1 heterocycles. The first-order valence-electron chi connectivity index (χ1n) is 8.43. The zero-order valence-corrected chi connectivity index (χ0v) is 15.3. The average Bonchev–Trinajstić information content (AvgIpc) is 3.03. The van der Waals surface area contributed by atoms with Gasteiger partial charge in [-0.3, -0.25) is 4.79 Å². The lowest BCUT2D eigenvalue weighted by Gasteiger charge is -2.13. The monoisotopic (exact) mass is 356 g/mol. The highest BCUT2D eigenvalue weighted by Crippen LogP contribution is 2.19. The lowest BCUT2D eigenvalue weighted by atomic mass is 10.1. The van der Waals surface area contributed by atoms with E-state index in [1.54, 1.807) is 0 Å². The van der Waals surface area contributed by atoms with Gasteiger partial charge in [-0.25, -0.2) is 0 Å². The van der Waals surface area contributed by atoms with Gasteiger partial charge in [-0.1, -0.05) is 26.0 Å². The van der Waals surface area contributed by atoms with Crippen LogP contribution in [0.5, 0.6) is 5.75 Å². The molecule has 5 nitrogen and oxygen atoms in total. The van der Waals surface area contributed by atoms with E-state index in [-0.39, 0.29) is 30.5 Å². The first-order chi connectivity index (χ1) is 11.1. The number of benzene rings is 1. The van der Waals surface area contributed by atoms with Crippen LogP contribution in [0.3, 0.4) is 0 Å². The molecule has 0 unspecified atom stereocenters. The Labute approximate surface area is 150 Å². The van der Waals surface area contributed by atoms with E-state index in [4.69, 9.17) is 15.2 Å². The summed E-state index contributed by atoms with van der Waals surface area (Å²) in [5, 5.41) is 2.94. The number of hydrogen-bond donors (Lipinski definition) is 2. The molecule has 24 heavy (non-hydrogen) atoms. The van der Waals surface area contributed by atoms with Gasteiger partial charge in [0.1, 0.15) is 11.9 Å². The summed E-state index contributed by atoms with van der Waals surface area (Å²) in [7, 11) is 0. The van der Waals surface area contributed by atoms with Crippen LogP contribution >= 0.6 is 12.4 Å². The van der Waals surface area contributed by atoms with E-state index in [1.807, 2.05) is 24.3 Å². The fourth-order valence-corrected chi connectivity index (χ4v) is 2.53. The van der Waals surface area contributed by atoms with Gasteiger partial charge in [-0.2, -0.15) is 0 Å². The van der Waals surface area contributed by atoms with Gasteiger partial charge in [-0.05, 0) is 42.9 Å². The minimum atomic E-state index is -0.338. The van der Waals surface area contributed by atoms with Gasteiger partial charge in [0, 0.05) is 13.1 Å². The Kier molecular flexibility index (Phi) is 9.11. The second kappa shape index (κ2) is 10.5. The minimum Gasteiger partial charge on any atom is -0.493 e. The lowest BCUT2D eigenvalue weighted by Crippen LogP contribution is -2.36. The topological polar surface area (TPSA) is 73.6 Å². The molecule has 1 aliphatic rings. The van der Waals surface area contributed by atoms with E-state index in [0.717, 1.165) is 31.6 Å². The van der Waals surface area contributed by atoms with Gasteiger partial charge >= 0.3 is 0 Å². The van der Waals surface area contributed by atoms with Crippen LogP contribution in [-0.4, -0.2) is 37.8 Å². The summed E-state index contributed by atoms with van der Waals surface area (Å²) in [5.41, 5.74) is 6.73. The van der Waals surface area contributed by atoms with E-state index in [0.29, 0.717) is 19.0 Å². The number of carbonyl (C=O) groups is 1. The van der Waals surface area contributed by atoms with Crippen molar-refractivity contribution < 1.29 is 14.3 Å². The summed E-state index contributed by atoms with van der Waals surface area (Å²) >= 11 is 0. The highest BCUT2D eigenvalue weighted by Gasteiger charge is 2.29. The Balaban J connectivity index is 0.00000288. The largest absolute Gasteiger partial charge is 0.493 e. The predicted molar refractivity (Wildman–Crippen MR) is 97.7 cm³/mol. The molecule has 0 radical (unpaired) electrons.